The van der Waals surface area contributed by atoms with Crippen LogP contribution in [-0.2, 0) is 11.2 Å². The molecule has 8 rings (SSSR count). The molecule has 0 radical (unpaired) electrons. The molecule has 3 heterocycles. The summed E-state index contributed by atoms with van der Waals surface area (Å²) < 4.78 is 5.71. The van der Waals surface area contributed by atoms with Crippen molar-refractivity contribution in [2.75, 3.05) is 6.54 Å². The highest BCUT2D eigenvalue weighted by atomic mass is 16.6. The van der Waals surface area contributed by atoms with Crippen molar-refractivity contribution in [3.8, 4) is 33.6 Å². The Morgan fingerprint density at radius 1 is 0.818 bits per heavy atom. The topological polar surface area (TPSA) is 86.9 Å². The number of carbonyl (C=O) groups excluding carboxylic acids is 1. The van der Waals surface area contributed by atoms with Crippen LogP contribution in [0.5, 0.6) is 0 Å². The Labute approximate surface area is 259 Å². The number of H-pyrrole nitrogens is 2. The molecule has 3 aliphatic carbocycles. The van der Waals surface area contributed by atoms with E-state index in [0.717, 1.165) is 48.2 Å². The molecule has 44 heavy (non-hydrogen) atoms. The molecule has 228 valence electrons. The van der Waals surface area contributed by atoms with E-state index in [-0.39, 0.29) is 12.1 Å². The number of carbonyl (C=O) groups is 1. The first kappa shape index (κ1) is 27.7. The molecule has 0 bridgehead atoms. The normalized spacial score (nSPS) is 23.1. The fraction of sp³-hybridized carbons (Fsp3) is 0.486. The Morgan fingerprint density at radius 3 is 2.27 bits per heavy atom. The summed E-state index contributed by atoms with van der Waals surface area (Å²) in [6.45, 7) is 6.44. The van der Waals surface area contributed by atoms with Crippen LogP contribution in [-0.4, -0.2) is 43.1 Å². The smallest absolute Gasteiger partial charge is 0.410 e. The molecule has 2 aromatic heterocycles. The van der Waals surface area contributed by atoms with Gasteiger partial charge in [0.1, 0.15) is 17.2 Å². The van der Waals surface area contributed by atoms with E-state index < -0.39 is 5.60 Å². The molecular weight excluding hydrogens is 546 g/mol. The minimum absolute atomic E-state index is 0.0790. The van der Waals surface area contributed by atoms with E-state index in [1.54, 1.807) is 0 Å². The molecule has 3 atom stereocenters. The average molecular weight is 590 g/mol. The van der Waals surface area contributed by atoms with Crippen molar-refractivity contribution < 1.29 is 9.53 Å². The molecule has 3 unspecified atom stereocenters. The molecule has 4 aliphatic rings. The van der Waals surface area contributed by atoms with Gasteiger partial charge in [0.15, 0.2) is 0 Å². The quantitative estimate of drug-likeness (QED) is 0.243. The Hall–Kier alpha value is -3.87. The lowest BCUT2D eigenvalue weighted by molar-refractivity contribution is 0.0218. The molecule has 4 aromatic rings. The standard InChI is InChI=1S/C37H43N5O2/c1-37(2,3)44-36(43)42-18-6-9-32(42)35-39-21-31(41-35)28-17-16-26(33-27-15-14-25(27)19-29(28)33)22-10-12-23(13-11-22)30-20-38-34(40-30)24-7-4-5-8-24/h10-13,16-17,20-21,24-25,27,32H,4-9,14-15,18-19H2,1-3H3,(H,38,40)(H,39,41). The summed E-state index contributed by atoms with van der Waals surface area (Å²) in [6, 6.07) is 13.6. The van der Waals surface area contributed by atoms with Crippen LogP contribution in [0.1, 0.15) is 113 Å². The molecule has 1 saturated heterocycles. The first-order valence-corrected chi connectivity index (χ1v) is 16.7. The van der Waals surface area contributed by atoms with Crippen LogP contribution in [0.15, 0.2) is 48.8 Å². The van der Waals surface area contributed by atoms with Crippen molar-refractivity contribution in [3.05, 3.63) is 71.6 Å². The lowest BCUT2D eigenvalue weighted by Crippen LogP contribution is -2.36. The first-order chi connectivity index (χ1) is 21.3. The van der Waals surface area contributed by atoms with Crippen LogP contribution in [0.3, 0.4) is 0 Å². The SMILES string of the molecule is CC(C)(C)OC(=O)N1CCCC1c1ncc(-c2ccc(-c3ccc(-c4cnc(C5CCCC5)[nH]4)cc3)c3c2CC2CCC32)[nH]1. The van der Waals surface area contributed by atoms with Crippen LogP contribution >= 0.6 is 0 Å². The maximum Gasteiger partial charge on any atom is 0.410 e. The van der Waals surface area contributed by atoms with Gasteiger partial charge in [-0.25, -0.2) is 14.8 Å². The zero-order chi connectivity index (χ0) is 30.0. The lowest BCUT2D eigenvalue weighted by Gasteiger charge is -2.31. The van der Waals surface area contributed by atoms with E-state index in [2.05, 4.69) is 46.4 Å². The molecule has 7 nitrogen and oxygen atoms in total. The highest BCUT2D eigenvalue weighted by Gasteiger charge is 2.42. The number of nitrogens with zero attached hydrogens (tertiary/aromatic N) is 3. The number of hydrogen-bond acceptors (Lipinski definition) is 4. The second-order valence-electron chi connectivity index (χ2n) is 14.5. The molecule has 2 aromatic carbocycles. The van der Waals surface area contributed by atoms with Gasteiger partial charge in [0.25, 0.3) is 0 Å². The fourth-order valence-corrected chi connectivity index (χ4v) is 8.22. The molecule has 2 saturated carbocycles. The average Bonchev–Trinajstić information content (AvgIpc) is 3.81. The van der Waals surface area contributed by atoms with Gasteiger partial charge in [-0.05, 0) is 105 Å². The van der Waals surface area contributed by atoms with Crippen molar-refractivity contribution >= 4 is 6.09 Å². The first-order valence-electron chi connectivity index (χ1n) is 16.7. The third-order valence-corrected chi connectivity index (χ3v) is 10.5. The largest absolute Gasteiger partial charge is 0.444 e. The predicted octanol–water partition coefficient (Wildman–Crippen LogP) is 8.91. The zero-order valence-corrected chi connectivity index (χ0v) is 26.2. The number of amides is 1. The minimum atomic E-state index is -0.516. The predicted molar refractivity (Wildman–Crippen MR) is 172 cm³/mol. The number of benzene rings is 2. The second-order valence-corrected chi connectivity index (χ2v) is 14.5. The summed E-state index contributed by atoms with van der Waals surface area (Å²) in [5.74, 6) is 3.97. The van der Waals surface area contributed by atoms with E-state index >= 15 is 0 Å². The lowest BCUT2D eigenvalue weighted by atomic mass is 9.73. The zero-order valence-electron chi connectivity index (χ0n) is 26.2. The number of aromatic amines is 2. The van der Waals surface area contributed by atoms with Gasteiger partial charge in [0, 0.05) is 18.0 Å². The van der Waals surface area contributed by atoms with Gasteiger partial charge >= 0.3 is 6.09 Å². The highest BCUT2D eigenvalue weighted by Crippen LogP contribution is 2.56. The van der Waals surface area contributed by atoms with Crippen LogP contribution < -0.4 is 0 Å². The Balaban J connectivity index is 1.07. The van der Waals surface area contributed by atoms with Gasteiger partial charge in [0.2, 0.25) is 0 Å². The van der Waals surface area contributed by atoms with Crippen LogP contribution in [0.25, 0.3) is 33.6 Å². The number of imidazole rings is 2. The van der Waals surface area contributed by atoms with Crippen molar-refractivity contribution in [2.24, 2.45) is 5.92 Å². The highest BCUT2D eigenvalue weighted by molar-refractivity contribution is 5.79. The van der Waals surface area contributed by atoms with E-state index in [9.17, 15) is 4.79 Å². The van der Waals surface area contributed by atoms with Gasteiger partial charge in [-0.3, -0.25) is 4.90 Å². The number of aromatic nitrogens is 4. The maximum absolute atomic E-state index is 12.9. The van der Waals surface area contributed by atoms with E-state index in [1.165, 1.54) is 71.9 Å². The number of rotatable bonds is 5. The number of nitrogens with one attached hydrogen (secondary N) is 2. The molecule has 3 fully saturated rings. The molecule has 1 amide bonds. The third kappa shape index (κ3) is 4.85. The van der Waals surface area contributed by atoms with Crippen LogP contribution in [0, 0.1) is 5.92 Å². The summed E-state index contributed by atoms with van der Waals surface area (Å²) >= 11 is 0. The monoisotopic (exact) mass is 589 g/mol. The van der Waals surface area contributed by atoms with Crippen LogP contribution in [0.4, 0.5) is 4.79 Å². The second kappa shape index (κ2) is 10.6. The summed E-state index contributed by atoms with van der Waals surface area (Å²) in [7, 11) is 0. The Bertz CT molecular complexity index is 1690. The van der Waals surface area contributed by atoms with Crippen molar-refractivity contribution in [3.63, 3.8) is 0 Å². The van der Waals surface area contributed by atoms with Crippen molar-refractivity contribution in [2.45, 2.75) is 102 Å². The molecule has 7 heteroatoms. The molecular formula is C37H43N5O2. The van der Waals surface area contributed by atoms with Gasteiger partial charge in [-0.2, -0.15) is 0 Å². The van der Waals surface area contributed by atoms with Gasteiger partial charge in [-0.1, -0.05) is 49.2 Å². The van der Waals surface area contributed by atoms with Gasteiger partial charge < -0.3 is 14.7 Å². The molecule has 1 aliphatic heterocycles. The maximum atomic E-state index is 12.9. The Morgan fingerprint density at radius 2 is 1.52 bits per heavy atom. The van der Waals surface area contributed by atoms with E-state index in [0.29, 0.717) is 18.4 Å². The van der Waals surface area contributed by atoms with Crippen LogP contribution in [0.2, 0.25) is 0 Å². The summed E-state index contributed by atoms with van der Waals surface area (Å²) in [4.78, 5) is 31.6. The number of likely N-dealkylation sites (tertiary alicyclic amines) is 1. The van der Waals surface area contributed by atoms with E-state index in [4.69, 9.17) is 14.7 Å². The summed E-state index contributed by atoms with van der Waals surface area (Å²) in [5, 5.41) is 0. The molecule has 0 spiro atoms. The number of ether oxygens (including phenoxy) is 1. The number of fused-ring (bicyclic) bond motifs is 3. The third-order valence-electron chi connectivity index (χ3n) is 10.5. The van der Waals surface area contributed by atoms with E-state index in [1.807, 2.05) is 38.1 Å². The van der Waals surface area contributed by atoms with Gasteiger partial charge in [-0.15, -0.1) is 0 Å². The van der Waals surface area contributed by atoms with Gasteiger partial charge in [0.05, 0.1) is 29.8 Å². The summed E-state index contributed by atoms with van der Waals surface area (Å²) in [6.07, 6.45) is 14.4. The number of hydrogen-bond donors (Lipinski definition) is 2. The van der Waals surface area contributed by atoms with Crippen molar-refractivity contribution in [1.29, 1.82) is 0 Å². The summed E-state index contributed by atoms with van der Waals surface area (Å²) in [5.41, 5.74) is 9.74. The Kier molecular flexibility index (Phi) is 6.69. The molecule has 2 N–H and O–H groups in total. The van der Waals surface area contributed by atoms with Crippen molar-refractivity contribution in [1.82, 2.24) is 24.8 Å². The fourth-order valence-electron chi connectivity index (χ4n) is 8.22. The minimum Gasteiger partial charge on any atom is -0.444 e.